The van der Waals surface area contributed by atoms with Crippen molar-refractivity contribution in [2.24, 2.45) is 11.3 Å². The summed E-state index contributed by atoms with van der Waals surface area (Å²) in [5.41, 5.74) is 2.85. The van der Waals surface area contributed by atoms with E-state index in [1.165, 1.54) is 12.1 Å². The summed E-state index contributed by atoms with van der Waals surface area (Å²) in [4.78, 5) is 30.2. The average molecular weight is 461 g/mol. The predicted octanol–water partition coefficient (Wildman–Crippen LogP) is 6.13. The zero-order chi connectivity index (χ0) is 23.2. The molecule has 1 amide bonds. The van der Waals surface area contributed by atoms with Crippen LogP contribution in [0.5, 0.6) is 0 Å². The number of ketones is 1. The molecule has 0 bridgehead atoms. The van der Waals surface area contributed by atoms with Gasteiger partial charge in [0.25, 0.3) is 0 Å². The molecule has 2 heterocycles. The minimum Gasteiger partial charge on any atom is -0.357 e. The maximum absolute atomic E-state index is 13.9. The molecule has 2 aromatic carbocycles. The number of rotatable bonds is 3. The van der Waals surface area contributed by atoms with Crippen LogP contribution in [-0.4, -0.2) is 11.7 Å². The normalized spacial score (nSPS) is 21.4. The summed E-state index contributed by atoms with van der Waals surface area (Å²) in [5, 5.41) is 5.47. The summed E-state index contributed by atoms with van der Waals surface area (Å²) in [5.74, 6) is -0.831. The first-order valence-electron chi connectivity index (χ1n) is 11.0. The highest BCUT2D eigenvalue weighted by Crippen LogP contribution is 2.49. The molecule has 2 unspecified atom stereocenters. The van der Waals surface area contributed by atoms with E-state index in [0.29, 0.717) is 6.42 Å². The van der Waals surface area contributed by atoms with E-state index in [1.807, 2.05) is 41.8 Å². The van der Waals surface area contributed by atoms with Gasteiger partial charge < -0.3 is 10.2 Å². The SMILES string of the molecule is CC1(C)C=C2Nc3ccccc3N(C(=O)Cc3ccc(F)cc3)C(c3cccs3)C2C(=O)C1. The number of nitrogens with one attached hydrogen (secondary N) is 1. The van der Waals surface area contributed by atoms with E-state index < -0.39 is 12.0 Å². The second-order valence-electron chi connectivity index (χ2n) is 9.38. The molecule has 2 atom stereocenters. The molecule has 33 heavy (non-hydrogen) atoms. The highest BCUT2D eigenvalue weighted by molar-refractivity contribution is 7.10. The fourth-order valence-corrected chi connectivity index (χ4v) is 5.75. The van der Waals surface area contributed by atoms with E-state index >= 15 is 0 Å². The Morgan fingerprint density at radius 2 is 1.88 bits per heavy atom. The van der Waals surface area contributed by atoms with Gasteiger partial charge in [0, 0.05) is 17.0 Å². The van der Waals surface area contributed by atoms with Gasteiger partial charge in [-0.1, -0.05) is 50.3 Å². The van der Waals surface area contributed by atoms with Gasteiger partial charge in [0.15, 0.2) is 0 Å². The number of hydrogen-bond donors (Lipinski definition) is 1. The van der Waals surface area contributed by atoms with E-state index in [2.05, 4.69) is 25.2 Å². The number of Topliss-reactive ketones (excluding diaryl/α,β-unsaturated/α-hetero) is 1. The third kappa shape index (κ3) is 4.11. The monoisotopic (exact) mass is 460 g/mol. The van der Waals surface area contributed by atoms with Gasteiger partial charge in [0.05, 0.1) is 29.8 Å². The van der Waals surface area contributed by atoms with E-state index in [4.69, 9.17) is 0 Å². The van der Waals surface area contributed by atoms with Crippen molar-refractivity contribution in [3.05, 3.63) is 94.1 Å². The molecule has 168 valence electrons. The molecule has 1 aliphatic carbocycles. The lowest BCUT2D eigenvalue weighted by Crippen LogP contribution is -2.43. The average Bonchev–Trinajstić information content (AvgIpc) is 3.24. The number of hydrogen-bond acceptors (Lipinski definition) is 4. The maximum atomic E-state index is 13.9. The molecule has 1 N–H and O–H groups in total. The Morgan fingerprint density at radius 3 is 2.61 bits per heavy atom. The molecule has 0 saturated heterocycles. The summed E-state index contributed by atoms with van der Waals surface area (Å²) < 4.78 is 13.4. The number of nitrogens with zero attached hydrogens (tertiary/aromatic N) is 1. The van der Waals surface area contributed by atoms with Gasteiger partial charge >= 0.3 is 0 Å². The maximum Gasteiger partial charge on any atom is 0.232 e. The molecule has 0 radical (unpaired) electrons. The number of para-hydroxylation sites is 2. The van der Waals surface area contributed by atoms with Gasteiger partial charge in [-0.3, -0.25) is 9.59 Å². The van der Waals surface area contributed by atoms with Gasteiger partial charge in [0.2, 0.25) is 5.91 Å². The summed E-state index contributed by atoms with van der Waals surface area (Å²) in [6.07, 6.45) is 2.67. The van der Waals surface area contributed by atoms with Crippen molar-refractivity contribution in [2.45, 2.75) is 32.7 Å². The Kier molecular flexibility index (Phi) is 5.41. The van der Waals surface area contributed by atoms with Crippen LogP contribution in [0.3, 0.4) is 0 Å². The largest absolute Gasteiger partial charge is 0.357 e. The third-order valence-electron chi connectivity index (χ3n) is 6.27. The number of carbonyl (C=O) groups is 2. The van der Waals surface area contributed by atoms with E-state index in [9.17, 15) is 14.0 Å². The zero-order valence-corrected chi connectivity index (χ0v) is 19.4. The number of amides is 1. The molecule has 4 nitrogen and oxygen atoms in total. The number of allylic oxidation sites excluding steroid dienone is 1. The number of benzene rings is 2. The molecule has 1 aliphatic heterocycles. The first-order valence-corrected chi connectivity index (χ1v) is 11.9. The van der Waals surface area contributed by atoms with Crippen LogP contribution in [0.15, 0.2) is 77.8 Å². The van der Waals surface area contributed by atoms with Crippen LogP contribution in [0.1, 0.15) is 36.8 Å². The van der Waals surface area contributed by atoms with Crippen molar-refractivity contribution in [1.29, 1.82) is 0 Å². The molecule has 2 aliphatic rings. The second kappa shape index (κ2) is 8.27. The van der Waals surface area contributed by atoms with E-state index in [0.717, 1.165) is 27.5 Å². The molecular formula is C27H25FN2O2S. The molecule has 1 aromatic heterocycles. The Morgan fingerprint density at radius 1 is 1.12 bits per heavy atom. The summed E-state index contributed by atoms with van der Waals surface area (Å²) in [6, 6.07) is 17.2. The van der Waals surface area contributed by atoms with Crippen LogP contribution in [0.4, 0.5) is 15.8 Å². The van der Waals surface area contributed by atoms with E-state index in [-0.39, 0.29) is 29.3 Å². The van der Waals surface area contributed by atoms with Crippen molar-refractivity contribution in [3.8, 4) is 0 Å². The molecule has 0 spiro atoms. The topological polar surface area (TPSA) is 49.4 Å². The number of anilines is 2. The van der Waals surface area contributed by atoms with Crippen molar-refractivity contribution >= 4 is 34.4 Å². The lowest BCUT2D eigenvalue weighted by atomic mass is 9.73. The zero-order valence-electron chi connectivity index (χ0n) is 18.5. The standard InChI is InChI=1S/C27H25FN2O2S/c1-27(2)15-20-25(22(31)16-27)26(23-8-5-13-33-23)30(21-7-4-3-6-19(21)29-20)24(32)14-17-9-11-18(28)12-10-17/h3-13,15,25-26,29H,14,16H2,1-2H3. The fourth-order valence-electron chi connectivity index (χ4n) is 4.90. The highest BCUT2D eigenvalue weighted by Gasteiger charge is 2.46. The summed E-state index contributed by atoms with van der Waals surface area (Å²) in [7, 11) is 0. The van der Waals surface area contributed by atoms with Gasteiger partial charge in [-0.25, -0.2) is 4.39 Å². The number of carbonyl (C=O) groups excluding carboxylic acids is 2. The molecule has 0 fully saturated rings. The molecule has 6 heteroatoms. The van der Waals surface area contributed by atoms with Crippen LogP contribution >= 0.6 is 11.3 Å². The minimum absolute atomic E-state index is 0.113. The van der Waals surface area contributed by atoms with Crippen LogP contribution in [0, 0.1) is 17.2 Å². The van der Waals surface area contributed by atoms with Gasteiger partial charge in [-0.2, -0.15) is 0 Å². The van der Waals surface area contributed by atoms with Crippen LogP contribution in [0.25, 0.3) is 0 Å². The van der Waals surface area contributed by atoms with Crippen molar-refractivity contribution in [3.63, 3.8) is 0 Å². The fraction of sp³-hybridized carbons (Fsp3) is 0.259. The van der Waals surface area contributed by atoms with Crippen molar-refractivity contribution < 1.29 is 14.0 Å². The van der Waals surface area contributed by atoms with Gasteiger partial charge in [0.1, 0.15) is 11.6 Å². The first-order chi connectivity index (χ1) is 15.8. The Bertz CT molecular complexity index is 1230. The van der Waals surface area contributed by atoms with Crippen molar-refractivity contribution in [1.82, 2.24) is 0 Å². The van der Waals surface area contributed by atoms with Crippen LogP contribution in [0.2, 0.25) is 0 Å². The minimum atomic E-state index is -0.485. The van der Waals surface area contributed by atoms with Crippen molar-refractivity contribution in [2.75, 3.05) is 10.2 Å². The number of fused-ring (bicyclic) bond motifs is 2. The summed E-state index contributed by atoms with van der Waals surface area (Å²) in [6.45, 7) is 4.12. The van der Waals surface area contributed by atoms with Crippen LogP contribution in [-0.2, 0) is 16.0 Å². The molecular weight excluding hydrogens is 435 g/mol. The van der Waals surface area contributed by atoms with Gasteiger partial charge in [-0.15, -0.1) is 11.3 Å². The molecule has 3 aromatic rings. The number of thiophene rings is 1. The van der Waals surface area contributed by atoms with Crippen LogP contribution < -0.4 is 10.2 Å². The van der Waals surface area contributed by atoms with Gasteiger partial charge in [-0.05, 0) is 46.7 Å². The lowest BCUT2D eigenvalue weighted by Gasteiger charge is -2.38. The van der Waals surface area contributed by atoms with E-state index in [1.54, 1.807) is 28.4 Å². The first kappa shape index (κ1) is 21.6. The lowest BCUT2D eigenvalue weighted by molar-refractivity contribution is -0.125. The number of halogens is 1. The summed E-state index contributed by atoms with van der Waals surface area (Å²) >= 11 is 1.55. The Balaban J connectivity index is 1.67. The third-order valence-corrected chi connectivity index (χ3v) is 7.21. The quantitative estimate of drug-likeness (QED) is 0.512. The predicted molar refractivity (Wildman–Crippen MR) is 130 cm³/mol. The molecule has 5 rings (SSSR count). The Hall–Kier alpha value is -3.25. The Labute approximate surface area is 196 Å². The second-order valence-corrected chi connectivity index (χ2v) is 10.4. The molecule has 0 saturated carbocycles. The highest BCUT2D eigenvalue weighted by atomic mass is 32.1. The smallest absolute Gasteiger partial charge is 0.232 e.